The van der Waals surface area contributed by atoms with E-state index in [0.717, 1.165) is 13.1 Å². The summed E-state index contributed by atoms with van der Waals surface area (Å²) in [6.07, 6.45) is 0.691. The summed E-state index contributed by atoms with van der Waals surface area (Å²) in [6.45, 7) is 1.48. The first-order valence-electron chi connectivity index (χ1n) is 8.29. The van der Waals surface area contributed by atoms with Crippen LogP contribution in [0.15, 0.2) is 66.7 Å². The number of benzene rings is 3. The van der Waals surface area contributed by atoms with Crippen molar-refractivity contribution in [2.24, 2.45) is 5.73 Å². The van der Waals surface area contributed by atoms with E-state index in [4.69, 9.17) is 5.73 Å². The Balaban J connectivity index is 1.70. The molecule has 3 aromatic rings. The first-order chi connectivity index (χ1) is 11.7. The number of fused-ring (bicyclic) bond motifs is 2. The van der Waals surface area contributed by atoms with Gasteiger partial charge < -0.3 is 5.73 Å². The second-order valence-corrected chi connectivity index (χ2v) is 6.43. The highest BCUT2D eigenvalue weighted by atomic mass is 16.1. The largest absolute Gasteiger partial charge is 0.368 e. The fourth-order valence-electron chi connectivity index (χ4n) is 3.67. The van der Waals surface area contributed by atoms with E-state index in [0.29, 0.717) is 6.42 Å². The molecule has 0 saturated carbocycles. The molecule has 3 aromatic carbocycles. The molecule has 1 aliphatic heterocycles. The van der Waals surface area contributed by atoms with E-state index in [1.807, 2.05) is 6.07 Å². The minimum Gasteiger partial charge on any atom is -0.368 e. The van der Waals surface area contributed by atoms with Crippen molar-refractivity contribution in [2.75, 3.05) is 0 Å². The summed E-state index contributed by atoms with van der Waals surface area (Å²) in [5.74, 6) is -0.246. The van der Waals surface area contributed by atoms with Crippen molar-refractivity contribution >= 4 is 16.7 Å². The molecule has 0 unspecified atom stereocenters. The maximum absolute atomic E-state index is 12.0. The van der Waals surface area contributed by atoms with Gasteiger partial charge in [0.1, 0.15) is 0 Å². The molecule has 0 fully saturated rings. The lowest BCUT2D eigenvalue weighted by molar-refractivity contribution is -0.124. The summed E-state index contributed by atoms with van der Waals surface area (Å²) in [6, 6.07) is 22.8. The number of nitrogens with zero attached hydrogens (tertiary/aromatic N) is 1. The molecule has 1 amide bonds. The number of amides is 1. The minimum atomic E-state index is -0.251. The normalized spacial score (nSPS) is 17.6. The molecular weight excluding hydrogens is 296 g/mol. The van der Waals surface area contributed by atoms with Gasteiger partial charge in [-0.3, -0.25) is 9.69 Å². The highest BCUT2D eigenvalue weighted by Gasteiger charge is 2.30. The SMILES string of the molecule is NC(=O)[C@H]1Cc2ccccc2CN1Cc1cccc2ccccc12. The third-order valence-corrected chi connectivity index (χ3v) is 4.93. The summed E-state index contributed by atoms with van der Waals surface area (Å²) < 4.78 is 0. The standard InChI is InChI=1S/C21H20N2O/c22-21(24)20-12-16-7-1-2-8-17(16)13-23(20)14-18-10-5-9-15-6-3-4-11-19(15)18/h1-11,20H,12-14H2,(H2,22,24)/t20-/m1/s1. The zero-order valence-electron chi connectivity index (χ0n) is 13.5. The van der Waals surface area contributed by atoms with Crippen molar-refractivity contribution in [3.63, 3.8) is 0 Å². The van der Waals surface area contributed by atoms with E-state index in [9.17, 15) is 4.79 Å². The predicted molar refractivity (Wildman–Crippen MR) is 96.3 cm³/mol. The molecule has 2 N–H and O–H groups in total. The van der Waals surface area contributed by atoms with Gasteiger partial charge in [0, 0.05) is 13.1 Å². The lowest BCUT2D eigenvalue weighted by atomic mass is 9.92. The van der Waals surface area contributed by atoms with Gasteiger partial charge in [-0.25, -0.2) is 0 Å². The van der Waals surface area contributed by atoms with Crippen molar-refractivity contribution in [1.29, 1.82) is 0 Å². The van der Waals surface area contributed by atoms with Gasteiger partial charge in [-0.05, 0) is 33.9 Å². The fraction of sp³-hybridized carbons (Fsp3) is 0.190. The second kappa shape index (κ2) is 6.10. The maximum atomic E-state index is 12.0. The number of carbonyl (C=O) groups excluding carboxylic acids is 1. The van der Waals surface area contributed by atoms with Crippen LogP contribution in [0.1, 0.15) is 16.7 Å². The quantitative estimate of drug-likeness (QED) is 0.806. The molecular formula is C21H20N2O. The van der Waals surface area contributed by atoms with Crippen LogP contribution in [-0.2, 0) is 24.3 Å². The summed E-state index contributed by atoms with van der Waals surface area (Å²) in [7, 11) is 0. The Labute approximate surface area is 141 Å². The van der Waals surface area contributed by atoms with Crippen molar-refractivity contribution < 1.29 is 4.79 Å². The number of nitrogens with two attached hydrogens (primary N) is 1. The van der Waals surface area contributed by atoms with Crippen LogP contribution in [0.25, 0.3) is 10.8 Å². The highest BCUT2D eigenvalue weighted by molar-refractivity contribution is 5.86. The van der Waals surface area contributed by atoms with E-state index in [2.05, 4.69) is 65.6 Å². The number of hydrogen-bond donors (Lipinski definition) is 1. The van der Waals surface area contributed by atoms with Gasteiger partial charge in [0.15, 0.2) is 0 Å². The molecule has 0 saturated heterocycles. The molecule has 1 atom stereocenters. The van der Waals surface area contributed by atoms with Gasteiger partial charge in [0.05, 0.1) is 6.04 Å². The van der Waals surface area contributed by atoms with Crippen molar-refractivity contribution in [3.05, 3.63) is 83.4 Å². The smallest absolute Gasteiger partial charge is 0.235 e. The van der Waals surface area contributed by atoms with E-state index in [1.54, 1.807) is 0 Å². The van der Waals surface area contributed by atoms with Gasteiger partial charge in [0.25, 0.3) is 0 Å². The first-order valence-corrected chi connectivity index (χ1v) is 8.29. The molecule has 0 bridgehead atoms. The molecule has 1 heterocycles. The Bertz CT molecular complexity index is 898. The Morgan fingerprint density at radius 2 is 1.67 bits per heavy atom. The number of primary amides is 1. The first kappa shape index (κ1) is 14.9. The molecule has 0 radical (unpaired) electrons. The average molecular weight is 316 g/mol. The van der Waals surface area contributed by atoms with Crippen LogP contribution in [0.5, 0.6) is 0 Å². The molecule has 0 aromatic heterocycles. The Morgan fingerprint density at radius 3 is 2.50 bits per heavy atom. The van der Waals surface area contributed by atoms with E-state index >= 15 is 0 Å². The van der Waals surface area contributed by atoms with Crippen LogP contribution in [0, 0.1) is 0 Å². The van der Waals surface area contributed by atoms with Crippen LogP contribution in [0.2, 0.25) is 0 Å². The van der Waals surface area contributed by atoms with Crippen LogP contribution in [-0.4, -0.2) is 16.8 Å². The minimum absolute atomic E-state index is 0.246. The highest BCUT2D eigenvalue weighted by Crippen LogP contribution is 2.27. The average Bonchev–Trinajstić information content (AvgIpc) is 2.61. The summed E-state index contributed by atoms with van der Waals surface area (Å²) in [5, 5.41) is 2.46. The van der Waals surface area contributed by atoms with Crippen LogP contribution < -0.4 is 5.73 Å². The summed E-state index contributed by atoms with van der Waals surface area (Å²) >= 11 is 0. The molecule has 24 heavy (non-hydrogen) atoms. The van der Waals surface area contributed by atoms with Gasteiger partial charge in [-0.1, -0.05) is 66.7 Å². The van der Waals surface area contributed by atoms with Crippen LogP contribution >= 0.6 is 0 Å². The predicted octanol–water partition coefficient (Wildman–Crippen LogP) is 3.25. The summed E-state index contributed by atoms with van der Waals surface area (Å²) in [4.78, 5) is 14.2. The topological polar surface area (TPSA) is 46.3 Å². The monoisotopic (exact) mass is 316 g/mol. The van der Waals surface area contributed by atoms with Gasteiger partial charge in [-0.15, -0.1) is 0 Å². The van der Waals surface area contributed by atoms with Crippen molar-refractivity contribution in [2.45, 2.75) is 25.6 Å². The molecule has 0 spiro atoms. The van der Waals surface area contributed by atoms with Crippen LogP contribution in [0.3, 0.4) is 0 Å². The van der Waals surface area contributed by atoms with Crippen molar-refractivity contribution in [3.8, 4) is 0 Å². The lowest BCUT2D eigenvalue weighted by Crippen LogP contribution is -2.48. The molecule has 4 rings (SSSR count). The molecule has 120 valence electrons. The molecule has 0 aliphatic carbocycles. The lowest BCUT2D eigenvalue weighted by Gasteiger charge is -2.35. The Hall–Kier alpha value is -2.65. The van der Waals surface area contributed by atoms with Gasteiger partial charge in [-0.2, -0.15) is 0 Å². The zero-order valence-corrected chi connectivity index (χ0v) is 13.5. The van der Waals surface area contributed by atoms with Crippen molar-refractivity contribution in [1.82, 2.24) is 4.90 Å². The van der Waals surface area contributed by atoms with E-state index in [1.165, 1.54) is 27.5 Å². The third kappa shape index (κ3) is 2.68. The maximum Gasteiger partial charge on any atom is 0.235 e. The Kier molecular flexibility index (Phi) is 3.79. The molecule has 3 nitrogen and oxygen atoms in total. The van der Waals surface area contributed by atoms with E-state index < -0.39 is 0 Å². The number of carbonyl (C=O) groups is 1. The fourth-order valence-corrected chi connectivity index (χ4v) is 3.67. The number of rotatable bonds is 3. The summed E-state index contributed by atoms with van der Waals surface area (Å²) in [5.41, 5.74) is 9.45. The zero-order chi connectivity index (χ0) is 16.5. The number of hydrogen-bond acceptors (Lipinski definition) is 2. The molecule has 1 aliphatic rings. The van der Waals surface area contributed by atoms with Gasteiger partial charge >= 0.3 is 0 Å². The van der Waals surface area contributed by atoms with Gasteiger partial charge in [0.2, 0.25) is 5.91 Å². The Morgan fingerprint density at radius 1 is 0.958 bits per heavy atom. The van der Waals surface area contributed by atoms with E-state index in [-0.39, 0.29) is 11.9 Å². The third-order valence-electron chi connectivity index (χ3n) is 4.93. The second-order valence-electron chi connectivity index (χ2n) is 6.43. The molecule has 3 heteroatoms. The van der Waals surface area contributed by atoms with Crippen LogP contribution in [0.4, 0.5) is 0 Å².